The van der Waals surface area contributed by atoms with E-state index in [4.69, 9.17) is 0 Å². The Morgan fingerprint density at radius 1 is 1.15 bits per heavy atom. The first-order chi connectivity index (χ1) is 6.28. The number of hydrogen-bond acceptors (Lipinski definition) is 2. The second-order valence-electron chi connectivity index (χ2n) is 3.56. The molecule has 0 amide bonds. The van der Waals surface area contributed by atoms with E-state index < -0.39 is 0 Å². The van der Waals surface area contributed by atoms with Crippen LogP contribution in [0.15, 0.2) is 0 Å². The maximum absolute atomic E-state index is 3.51. The van der Waals surface area contributed by atoms with Crippen LogP contribution in [0.4, 0.5) is 0 Å². The molecule has 1 unspecified atom stereocenters. The molecular formula is C11H26N2. The van der Waals surface area contributed by atoms with Gasteiger partial charge < -0.3 is 10.2 Å². The molecule has 0 spiro atoms. The highest BCUT2D eigenvalue weighted by Gasteiger charge is 2.08. The number of hydrogen-bond donors (Lipinski definition) is 1. The molecule has 0 heterocycles. The van der Waals surface area contributed by atoms with Gasteiger partial charge >= 0.3 is 0 Å². The summed E-state index contributed by atoms with van der Waals surface area (Å²) in [6.45, 7) is 13.6. The van der Waals surface area contributed by atoms with Crippen molar-refractivity contribution >= 4 is 0 Å². The SMILES string of the molecule is CCCN(CC)CC(CC)NCC. The topological polar surface area (TPSA) is 15.3 Å². The standard InChI is InChI=1S/C11H26N2/c1-5-9-13(8-4)10-11(6-2)12-7-3/h11-12H,5-10H2,1-4H3. The zero-order valence-corrected chi connectivity index (χ0v) is 9.77. The lowest BCUT2D eigenvalue weighted by Gasteiger charge is -2.25. The Bertz CT molecular complexity index is 92.3. The van der Waals surface area contributed by atoms with Crippen molar-refractivity contribution < 1.29 is 0 Å². The van der Waals surface area contributed by atoms with Gasteiger partial charge in [0.2, 0.25) is 0 Å². The molecule has 1 atom stereocenters. The second kappa shape index (κ2) is 8.52. The summed E-state index contributed by atoms with van der Waals surface area (Å²) in [5, 5.41) is 3.51. The molecule has 0 aliphatic carbocycles. The lowest BCUT2D eigenvalue weighted by Crippen LogP contribution is -2.40. The largest absolute Gasteiger partial charge is 0.313 e. The maximum atomic E-state index is 3.51. The fourth-order valence-corrected chi connectivity index (χ4v) is 1.63. The lowest BCUT2D eigenvalue weighted by atomic mass is 10.2. The summed E-state index contributed by atoms with van der Waals surface area (Å²) in [7, 11) is 0. The average molecular weight is 186 g/mol. The number of likely N-dealkylation sites (N-methyl/N-ethyl adjacent to an activating group) is 2. The molecule has 0 saturated heterocycles. The van der Waals surface area contributed by atoms with E-state index >= 15 is 0 Å². The molecule has 0 aromatic heterocycles. The Hall–Kier alpha value is -0.0800. The molecule has 80 valence electrons. The molecule has 0 radical (unpaired) electrons. The minimum Gasteiger partial charge on any atom is -0.313 e. The van der Waals surface area contributed by atoms with E-state index in [1.807, 2.05) is 0 Å². The van der Waals surface area contributed by atoms with Gasteiger partial charge in [-0.1, -0.05) is 27.7 Å². The van der Waals surface area contributed by atoms with Crippen molar-refractivity contribution in [2.45, 2.75) is 46.6 Å². The number of rotatable bonds is 8. The fourth-order valence-electron chi connectivity index (χ4n) is 1.63. The summed E-state index contributed by atoms with van der Waals surface area (Å²) in [6, 6.07) is 0.677. The molecule has 0 aromatic rings. The van der Waals surface area contributed by atoms with E-state index in [1.54, 1.807) is 0 Å². The van der Waals surface area contributed by atoms with Gasteiger partial charge in [0.1, 0.15) is 0 Å². The summed E-state index contributed by atoms with van der Waals surface area (Å²) in [6.07, 6.45) is 2.49. The molecule has 2 nitrogen and oxygen atoms in total. The van der Waals surface area contributed by atoms with Gasteiger partial charge in [-0.05, 0) is 32.5 Å². The molecule has 0 aliphatic rings. The highest BCUT2D eigenvalue weighted by atomic mass is 15.1. The van der Waals surface area contributed by atoms with Crippen LogP contribution in [0.2, 0.25) is 0 Å². The van der Waals surface area contributed by atoms with Crippen LogP contribution in [0.5, 0.6) is 0 Å². The summed E-state index contributed by atoms with van der Waals surface area (Å²) >= 11 is 0. The molecule has 0 fully saturated rings. The molecule has 0 bridgehead atoms. The van der Waals surface area contributed by atoms with Crippen molar-refractivity contribution in [1.82, 2.24) is 10.2 Å². The van der Waals surface area contributed by atoms with Gasteiger partial charge in [-0.25, -0.2) is 0 Å². The van der Waals surface area contributed by atoms with E-state index in [9.17, 15) is 0 Å². The van der Waals surface area contributed by atoms with Gasteiger partial charge in [0.15, 0.2) is 0 Å². The van der Waals surface area contributed by atoms with E-state index in [-0.39, 0.29) is 0 Å². The molecule has 0 aromatic carbocycles. The lowest BCUT2D eigenvalue weighted by molar-refractivity contribution is 0.251. The number of nitrogens with one attached hydrogen (secondary N) is 1. The van der Waals surface area contributed by atoms with Crippen LogP contribution >= 0.6 is 0 Å². The first-order valence-corrected chi connectivity index (χ1v) is 5.74. The third-order valence-electron chi connectivity index (χ3n) is 2.45. The van der Waals surface area contributed by atoms with Gasteiger partial charge in [-0.2, -0.15) is 0 Å². The minimum absolute atomic E-state index is 0.677. The van der Waals surface area contributed by atoms with Crippen LogP contribution in [0.1, 0.15) is 40.5 Å². The Balaban J connectivity index is 3.73. The molecular weight excluding hydrogens is 160 g/mol. The highest BCUT2D eigenvalue weighted by Crippen LogP contribution is 1.97. The maximum Gasteiger partial charge on any atom is 0.0192 e. The first kappa shape index (κ1) is 12.9. The van der Waals surface area contributed by atoms with Crippen LogP contribution in [0, 0.1) is 0 Å². The highest BCUT2D eigenvalue weighted by molar-refractivity contribution is 4.69. The quantitative estimate of drug-likeness (QED) is 0.624. The molecule has 2 heteroatoms. The van der Waals surface area contributed by atoms with Crippen LogP contribution in [-0.2, 0) is 0 Å². The van der Waals surface area contributed by atoms with Crippen LogP contribution in [-0.4, -0.2) is 37.1 Å². The molecule has 13 heavy (non-hydrogen) atoms. The summed E-state index contributed by atoms with van der Waals surface area (Å²) in [4.78, 5) is 2.52. The summed E-state index contributed by atoms with van der Waals surface area (Å²) < 4.78 is 0. The summed E-state index contributed by atoms with van der Waals surface area (Å²) in [5.41, 5.74) is 0. The van der Waals surface area contributed by atoms with Crippen LogP contribution in [0.3, 0.4) is 0 Å². The second-order valence-corrected chi connectivity index (χ2v) is 3.56. The molecule has 0 rings (SSSR count). The zero-order chi connectivity index (χ0) is 10.1. The van der Waals surface area contributed by atoms with E-state index in [0.717, 1.165) is 6.54 Å². The third-order valence-corrected chi connectivity index (χ3v) is 2.45. The third kappa shape index (κ3) is 6.05. The van der Waals surface area contributed by atoms with Crippen LogP contribution in [0.25, 0.3) is 0 Å². The van der Waals surface area contributed by atoms with E-state index in [0.29, 0.717) is 6.04 Å². The molecule has 0 aliphatic heterocycles. The molecule has 1 N–H and O–H groups in total. The van der Waals surface area contributed by atoms with Gasteiger partial charge in [-0.15, -0.1) is 0 Å². The monoisotopic (exact) mass is 186 g/mol. The number of nitrogens with zero attached hydrogens (tertiary/aromatic N) is 1. The van der Waals surface area contributed by atoms with E-state index in [2.05, 4.69) is 37.9 Å². The van der Waals surface area contributed by atoms with Crippen molar-refractivity contribution in [3.05, 3.63) is 0 Å². The normalized spacial score (nSPS) is 13.6. The van der Waals surface area contributed by atoms with Crippen LogP contribution < -0.4 is 5.32 Å². The van der Waals surface area contributed by atoms with Crippen molar-refractivity contribution in [3.8, 4) is 0 Å². The fraction of sp³-hybridized carbons (Fsp3) is 1.00. The Kier molecular flexibility index (Phi) is 8.46. The van der Waals surface area contributed by atoms with Crippen molar-refractivity contribution in [2.24, 2.45) is 0 Å². The van der Waals surface area contributed by atoms with Gasteiger partial charge in [0, 0.05) is 12.6 Å². The van der Waals surface area contributed by atoms with Crippen molar-refractivity contribution in [2.75, 3.05) is 26.2 Å². The average Bonchev–Trinajstić information content (AvgIpc) is 2.16. The summed E-state index contributed by atoms with van der Waals surface area (Å²) in [5.74, 6) is 0. The van der Waals surface area contributed by atoms with Crippen molar-refractivity contribution in [3.63, 3.8) is 0 Å². The van der Waals surface area contributed by atoms with Gasteiger partial charge in [0.05, 0.1) is 0 Å². The Morgan fingerprint density at radius 3 is 2.23 bits per heavy atom. The Morgan fingerprint density at radius 2 is 1.85 bits per heavy atom. The first-order valence-electron chi connectivity index (χ1n) is 5.74. The zero-order valence-electron chi connectivity index (χ0n) is 9.77. The predicted molar refractivity (Wildman–Crippen MR) is 60.2 cm³/mol. The van der Waals surface area contributed by atoms with Gasteiger partial charge in [-0.3, -0.25) is 0 Å². The van der Waals surface area contributed by atoms with E-state index in [1.165, 1.54) is 32.5 Å². The smallest absolute Gasteiger partial charge is 0.0192 e. The predicted octanol–water partition coefficient (Wildman–Crippen LogP) is 2.11. The van der Waals surface area contributed by atoms with Gasteiger partial charge in [0.25, 0.3) is 0 Å². The van der Waals surface area contributed by atoms with Crippen molar-refractivity contribution in [1.29, 1.82) is 0 Å². The minimum atomic E-state index is 0.677. The molecule has 0 saturated carbocycles. The Labute approximate surface area is 83.7 Å².